The summed E-state index contributed by atoms with van der Waals surface area (Å²) in [7, 11) is 1.57. The van der Waals surface area contributed by atoms with Crippen molar-refractivity contribution in [1.29, 1.82) is 0 Å². The molecule has 0 aromatic carbocycles. The van der Waals surface area contributed by atoms with Gasteiger partial charge in [0, 0.05) is 7.11 Å². The second-order valence-electron chi connectivity index (χ2n) is 4.18. The van der Waals surface area contributed by atoms with Gasteiger partial charge in [0.05, 0.1) is 6.61 Å². The lowest BCUT2D eigenvalue weighted by molar-refractivity contribution is -0.231. The molecule has 6 heteroatoms. The highest BCUT2D eigenvalue weighted by Gasteiger charge is 2.55. The average Bonchev–Trinajstić information content (AvgIpc) is 2.61. The fourth-order valence-corrected chi connectivity index (χ4v) is 2.06. The van der Waals surface area contributed by atoms with Crippen LogP contribution in [0.2, 0.25) is 0 Å². The van der Waals surface area contributed by atoms with Crippen LogP contribution in [-0.2, 0) is 23.8 Å². The van der Waals surface area contributed by atoms with Crippen LogP contribution in [0.1, 0.15) is 13.8 Å². The quantitative estimate of drug-likeness (QED) is 0.661. The van der Waals surface area contributed by atoms with Crippen LogP contribution in [0.3, 0.4) is 0 Å². The molecule has 0 saturated carbocycles. The van der Waals surface area contributed by atoms with Crippen molar-refractivity contribution in [1.82, 2.24) is 0 Å². The number of ether oxygens (including phenoxy) is 4. The Bertz CT molecular complexity index is 235. The van der Waals surface area contributed by atoms with Gasteiger partial charge in [0.15, 0.2) is 12.1 Å². The molecule has 88 valence electrons. The van der Waals surface area contributed by atoms with E-state index in [0.29, 0.717) is 0 Å². The van der Waals surface area contributed by atoms with Gasteiger partial charge in [-0.05, 0) is 13.8 Å². The second kappa shape index (κ2) is 3.97. The fourth-order valence-electron chi connectivity index (χ4n) is 2.06. The summed E-state index contributed by atoms with van der Waals surface area (Å²) in [5.74, 6) is 4.42. The Kier molecular flexibility index (Phi) is 2.98. The monoisotopic (exact) mass is 219 g/mol. The van der Waals surface area contributed by atoms with E-state index in [4.69, 9.17) is 24.8 Å². The molecule has 15 heavy (non-hydrogen) atoms. The maximum Gasteiger partial charge on any atom is 0.186 e. The van der Waals surface area contributed by atoms with Gasteiger partial charge in [0.25, 0.3) is 0 Å². The molecule has 0 radical (unpaired) electrons. The van der Waals surface area contributed by atoms with Gasteiger partial charge in [-0.25, -0.2) is 5.90 Å². The average molecular weight is 219 g/mol. The summed E-state index contributed by atoms with van der Waals surface area (Å²) in [6, 6.07) is 0. The summed E-state index contributed by atoms with van der Waals surface area (Å²) in [4.78, 5) is 4.58. The van der Waals surface area contributed by atoms with Crippen LogP contribution < -0.4 is 5.90 Å². The van der Waals surface area contributed by atoms with E-state index < -0.39 is 12.1 Å². The molecular weight excluding hydrogens is 202 g/mol. The Morgan fingerprint density at radius 3 is 2.53 bits per heavy atom. The number of hydrogen-bond acceptors (Lipinski definition) is 6. The minimum Gasteiger partial charge on any atom is -0.353 e. The highest BCUT2D eigenvalue weighted by Crippen LogP contribution is 2.38. The van der Waals surface area contributed by atoms with Gasteiger partial charge >= 0.3 is 0 Å². The van der Waals surface area contributed by atoms with Crippen LogP contribution in [-0.4, -0.2) is 44.1 Å². The summed E-state index contributed by atoms with van der Waals surface area (Å²) in [5, 5.41) is 0. The number of fused-ring (bicyclic) bond motifs is 1. The van der Waals surface area contributed by atoms with Crippen LogP contribution in [0.4, 0.5) is 0 Å². The minimum atomic E-state index is -0.608. The van der Waals surface area contributed by atoms with Crippen LogP contribution >= 0.6 is 0 Å². The third-order valence-electron chi connectivity index (χ3n) is 2.60. The fraction of sp³-hybridized carbons (Fsp3) is 1.00. The van der Waals surface area contributed by atoms with Gasteiger partial charge in [-0.1, -0.05) is 0 Å². The van der Waals surface area contributed by atoms with Crippen molar-refractivity contribution < 1.29 is 23.8 Å². The van der Waals surface area contributed by atoms with Gasteiger partial charge in [-0.2, -0.15) is 0 Å². The first-order valence-electron chi connectivity index (χ1n) is 4.93. The molecule has 0 aromatic heterocycles. The number of nitrogens with two attached hydrogens (primary N) is 1. The van der Waals surface area contributed by atoms with Crippen molar-refractivity contribution in [3.05, 3.63) is 0 Å². The Morgan fingerprint density at radius 2 is 1.93 bits per heavy atom. The molecule has 2 saturated heterocycles. The normalized spacial score (nSPS) is 43.2. The first kappa shape index (κ1) is 11.3. The first-order chi connectivity index (χ1) is 7.07. The molecule has 2 N–H and O–H groups in total. The van der Waals surface area contributed by atoms with Crippen LogP contribution in [0.25, 0.3) is 0 Å². The van der Waals surface area contributed by atoms with Crippen LogP contribution in [0.15, 0.2) is 0 Å². The predicted molar refractivity (Wildman–Crippen MR) is 49.6 cm³/mol. The number of methoxy groups -OCH3 is 1. The summed E-state index contributed by atoms with van der Waals surface area (Å²) >= 11 is 0. The Labute approximate surface area is 88.5 Å². The lowest BCUT2D eigenvalue weighted by Crippen LogP contribution is -2.33. The summed E-state index contributed by atoms with van der Waals surface area (Å²) in [6.45, 7) is 3.98. The lowest BCUT2D eigenvalue weighted by Gasteiger charge is -2.23. The highest BCUT2D eigenvalue weighted by molar-refractivity contribution is 4.94. The topological polar surface area (TPSA) is 72.2 Å². The Hall–Kier alpha value is -0.240. The van der Waals surface area contributed by atoms with Crippen molar-refractivity contribution >= 4 is 0 Å². The smallest absolute Gasteiger partial charge is 0.186 e. The van der Waals surface area contributed by atoms with E-state index >= 15 is 0 Å². The molecule has 2 fully saturated rings. The third kappa shape index (κ3) is 2.01. The standard InChI is InChI=1S/C9H17NO5/c1-9(2)14-6-5(4-12-10)13-8(11-3)7(6)15-9/h5-8H,4,10H2,1-3H3/t5-,6?,7-,8?/m1/s1. The SMILES string of the molecule is COC1O[C@H](CON)C2OC(C)(C)O[C@@H]12. The molecule has 0 spiro atoms. The number of hydrogen-bond donors (Lipinski definition) is 1. The largest absolute Gasteiger partial charge is 0.353 e. The van der Waals surface area contributed by atoms with Crippen molar-refractivity contribution in [2.24, 2.45) is 5.90 Å². The molecule has 0 aliphatic carbocycles. The molecule has 0 amide bonds. The van der Waals surface area contributed by atoms with Crippen molar-refractivity contribution in [3.8, 4) is 0 Å². The minimum absolute atomic E-state index is 0.187. The van der Waals surface area contributed by atoms with Gasteiger partial charge in [0.1, 0.15) is 18.3 Å². The van der Waals surface area contributed by atoms with Gasteiger partial charge in [-0.3, -0.25) is 0 Å². The molecule has 0 aromatic rings. The van der Waals surface area contributed by atoms with Crippen molar-refractivity contribution in [2.75, 3.05) is 13.7 Å². The van der Waals surface area contributed by atoms with Crippen molar-refractivity contribution in [3.63, 3.8) is 0 Å². The molecule has 2 aliphatic rings. The molecule has 0 bridgehead atoms. The molecule has 6 nitrogen and oxygen atoms in total. The van der Waals surface area contributed by atoms with E-state index in [2.05, 4.69) is 4.84 Å². The van der Waals surface area contributed by atoms with E-state index in [0.717, 1.165) is 0 Å². The maximum absolute atomic E-state index is 5.71. The van der Waals surface area contributed by atoms with E-state index in [1.54, 1.807) is 7.11 Å². The lowest BCUT2D eigenvalue weighted by atomic mass is 10.1. The predicted octanol–water partition coefficient (Wildman–Crippen LogP) is -0.232. The molecule has 2 aliphatic heterocycles. The summed E-state index contributed by atoms with van der Waals surface area (Å²) in [5.41, 5.74) is 0. The van der Waals surface area contributed by atoms with Gasteiger partial charge < -0.3 is 23.8 Å². The first-order valence-corrected chi connectivity index (χ1v) is 4.93. The zero-order valence-corrected chi connectivity index (χ0v) is 9.14. The third-order valence-corrected chi connectivity index (χ3v) is 2.60. The second-order valence-corrected chi connectivity index (χ2v) is 4.18. The molecule has 2 heterocycles. The Balaban J connectivity index is 2.08. The molecule has 2 unspecified atom stereocenters. The zero-order valence-electron chi connectivity index (χ0n) is 9.14. The number of rotatable bonds is 3. The van der Waals surface area contributed by atoms with E-state index in [9.17, 15) is 0 Å². The Morgan fingerprint density at radius 1 is 1.27 bits per heavy atom. The van der Waals surface area contributed by atoms with E-state index in [-0.39, 0.29) is 24.9 Å². The molecular formula is C9H17NO5. The zero-order chi connectivity index (χ0) is 11.1. The summed E-state index contributed by atoms with van der Waals surface area (Å²) in [6.07, 6.45) is -1.07. The summed E-state index contributed by atoms with van der Waals surface area (Å²) < 4.78 is 22.1. The highest BCUT2D eigenvalue weighted by atomic mass is 16.8. The van der Waals surface area contributed by atoms with E-state index in [1.807, 2.05) is 13.8 Å². The van der Waals surface area contributed by atoms with Gasteiger partial charge in [-0.15, -0.1) is 0 Å². The molecule has 4 atom stereocenters. The maximum atomic E-state index is 5.71. The van der Waals surface area contributed by atoms with Crippen LogP contribution in [0.5, 0.6) is 0 Å². The van der Waals surface area contributed by atoms with Crippen LogP contribution in [0, 0.1) is 0 Å². The van der Waals surface area contributed by atoms with Crippen molar-refractivity contribution in [2.45, 2.75) is 44.2 Å². The van der Waals surface area contributed by atoms with E-state index in [1.165, 1.54) is 0 Å². The molecule has 2 rings (SSSR count). The van der Waals surface area contributed by atoms with Gasteiger partial charge in [0.2, 0.25) is 0 Å².